The van der Waals surface area contributed by atoms with E-state index < -0.39 is 17.1 Å². The van der Waals surface area contributed by atoms with Gasteiger partial charge in [-0.05, 0) is 18.6 Å². The maximum absolute atomic E-state index is 13.6. The molecule has 16 heavy (non-hydrogen) atoms. The van der Waals surface area contributed by atoms with Crippen LogP contribution in [-0.4, -0.2) is 16.7 Å². The van der Waals surface area contributed by atoms with Crippen molar-refractivity contribution in [3.05, 3.63) is 34.9 Å². The second-order valence-corrected chi connectivity index (χ2v) is 5.04. The lowest BCUT2D eigenvalue weighted by Gasteiger charge is -2.47. The van der Waals surface area contributed by atoms with Crippen LogP contribution in [0.5, 0.6) is 0 Å². The molecule has 0 heterocycles. The molecule has 1 saturated carbocycles. The maximum Gasteiger partial charge on any atom is 0.314 e. The number of halogens is 2. The van der Waals surface area contributed by atoms with Gasteiger partial charge in [0, 0.05) is 17.9 Å². The van der Waals surface area contributed by atoms with E-state index in [0.717, 1.165) is 0 Å². The van der Waals surface area contributed by atoms with E-state index >= 15 is 0 Å². The van der Waals surface area contributed by atoms with Crippen molar-refractivity contribution in [1.82, 2.24) is 0 Å². The first-order chi connectivity index (χ1) is 7.37. The first-order valence-electron chi connectivity index (χ1n) is 5.05. The average Bonchev–Trinajstić information content (AvgIpc) is 2.14. The third-order valence-electron chi connectivity index (χ3n) is 3.14. The molecule has 0 saturated heterocycles. The Balaban J connectivity index is 2.44. The second-order valence-electron chi connectivity index (χ2n) is 4.63. The number of carbonyl (C=O) groups is 1. The first kappa shape index (κ1) is 11.4. The number of carboxylic acid groups (broad SMARTS) is 1. The summed E-state index contributed by atoms with van der Waals surface area (Å²) in [6.07, 6.45) is -0.0296. The molecule has 0 unspecified atom stereocenters. The number of benzene rings is 1. The van der Waals surface area contributed by atoms with Gasteiger partial charge in [-0.1, -0.05) is 29.8 Å². The molecule has 0 amide bonds. The van der Waals surface area contributed by atoms with Crippen LogP contribution >= 0.6 is 11.6 Å². The molecule has 2 nitrogen and oxygen atoms in total. The Kier molecular flexibility index (Phi) is 2.46. The molecule has 0 bridgehead atoms. The molecule has 0 aliphatic heterocycles. The Bertz CT molecular complexity index is 434. The number of aliphatic carboxylic acids is 1. The van der Waals surface area contributed by atoms with Crippen molar-refractivity contribution >= 4 is 17.6 Å². The minimum absolute atomic E-state index is 0.0148. The van der Waals surface area contributed by atoms with Crippen molar-refractivity contribution in [2.45, 2.75) is 30.8 Å². The lowest BCUT2D eigenvalue weighted by atomic mass is 9.57. The quantitative estimate of drug-likeness (QED) is 0.865. The molecule has 0 radical (unpaired) electrons. The highest BCUT2D eigenvalue weighted by Crippen LogP contribution is 2.53. The Morgan fingerprint density at radius 1 is 1.44 bits per heavy atom. The fourth-order valence-electron chi connectivity index (χ4n) is 2.51. The predicted molar refractivity (Wildman–Crippen MR) is 59.5 cm³/mol. The van der Waals surface area contributed by atoms with Gasteiger partial charge in [0.2, 0.25) is 0 Å². The summed E-state index contributed by atoms with van der Waals surface area (Å²) in [6.45, 7) is 1.42. The van der Waals surface area contributed by atoms with Gasteiger partial charge >= 0.3 is 5.97 Å². The van der Waals surface area contributed by atoms with Crippen LogP contribution in [0.1, 0.15) is 25.3 Å². The summed E-state index contributed by atoms with van der Waals surface area (Å²) in [5, 5.41) is 9.66. The Morgan fingerprint density at radius 2 is 2.00 bits per heavy atom. The summed E-state index contributed by atoms with van der Waals surface area (Å²) in [5.41, 5.74) is -2.04. The normalized spacial score (nSPS) is 33.2. The SMILES string of the molecule is CC1(F)CC(C(=O)O)(c2ccccc2Cl)C1. The fourth-order valence-corrected chi connectivity index (χ4v) is 2.83. The number of rotatable bonds is 2. The lowest BCUT2D eigenvalue weighted by Crippen LogP contribution is -2.55. The molecular formula is C12H12ClFO2. The van der Waals surface area contributed by atoms with Crippen molar-refractivity contribution < 1.29 is 14.3 Å². The van der Waals surface area contributed by atoms with Gasteiger partial charge in [0.25, 0.3) is 0 Å². The van der Waals surface area contributed by atoms with Crippen molar-refractivity contribution in [2.24, 2.45) is 0 Å². The lowest BCUT2D eigenvalue weighted by molar-refractivity contribution is -0.155. The first-order valence-corrected chi connectivity index (χ1v) is 5.43. The highest BCUT2D eigenvalue weighted by atomic mass is 35.5. The third kappa shape index (κ3) is 1.59. The van der Waals surface area contributed by atoms with Gasteiger partial charge < -0.3 is 5.11 Å². The molecule has 1 aliphatic carbocycles. The summed E-state index contributed by atoms with van der Waals surface area (Å²) in [4.78, 5) is 11.3. The monoisotopic (exact) mass is 242 g/mol. The van der Waals surface area contributed by atoms with Crippen LogP contribution < -0.4 is 0 Å². The van der Waals surface area contributed by atoms with Crippen molar-refractivity contribution in [3.8, 4) is 0 Å². The molecule has 2 rings (SSSR count). The van der Waals surface area contributed by atoms with Crippen molar-refractivity contribution in [1.29, 1.82) is 0 Å². The molecule has 1 fully saturated rings. The van der Waals surface area contributed by atoms with E-state index in [1.807, 2.05) is 0 Å². The number of carboxylic acids is 1. The summed E-state index contributed by atoms with van der Waals surface area (Å²) in [7, 11) is 0. The minimum atomic E-state index is -1.41. The standard InChI is InChI=1S/C12H12ClFO2/c1-11(14)6-12(7-11,10(15)16)8-4-2-3-5-9(8)13/h2-5H,6-7H2,1H3,(H,15,16). The van der Waals surface area contributed by atoms with Crippen LogP contribution in [0.3, 0.4) is 0 Å². The molecule has 1 aliphatic rings. The van der Waals surface area contributed by atoms with E-state index in [0.29, 0.717) is 10.6 Å². The smallest absolute Gasteiger partial charge is 0.314 e. The zero-order chi connectivity index (χ0) is 12.0. The average molecular weight is 243 g/mol. The van der Waals surface area contributed by atoms with Crippen molar-refractivity contribution in [3.63, 3.8) is 0 Å². The fraction of sp³-hybridized carbons (Fsp3) is 0.417. The summed E-state index contributed by atoms with van der Waals surface area (Å²) >= 11 is 5.97. The van der Waals surface area contributed by atoms with Crippen LogP contribution in [0.2, 0.25) is 5.02 Å². The van der Waals surface area contributed by atoms with Gasteiger partial charge in [-0.2, -0.15) is 0 Å². The summed E-state index contributed by atoms with van der Waals surface area (Å²) in [5.74, 6) is -1.00. The predicted octanol–water partition coefficient (Wildman–Crippen LogP) is 3.18. The largest absolute Gasteiger partial charge is 0.481 e. The maximum atomic E-state index is 13.6. The topological polar surface area (TPSA) is 37.3 Å². The Hall–Kier alpha value is -1.09. The van der Waals surface area contributed by atoms with Gasteiger partial charge in [-0.15, -0.1) is 0 Å². The van der Waals surface area contributed by atoms with E-state index in [9.17, 15) is 14.3 Å². The molecule has 1 N–H and O–H groups in total. The van der Waals surface area contributed by atoms with Crippen LogP contribution in [0.15, 0.2) is 24.3 Å². The molecule has 0 aromatic heterocycles. The van der Waals surface area contributed by atoms with Crippen LogP contribution in [0.25, 0.3) is 0 Å². The zero-order valence-corrected chi connectivity index (χ0v) is 9.59. The van der Waals surface area contributed by atoms with E-state index in [2.05, 4.69) is 0 Å². The number of alkyl halides is 1. The zero-order valence-electron chi connectivity index (χ0n) is 8.84. The molecule has 86 valence electrons. The summed E-state index contributed by atoms with van der Waals surface area (Å²) < 4.78 is 13.6. The van der Waals surface area contributed by atoms with Gasteiger partial charge in [0.1, 0.15) is 11.1 Å². The van der Waals surface area contributed by atoms with E-state index in [1.165, 1.54) is 6.92 Å². The van der Waals surface area contributed by atoms with Crippen molar-refractivity contribution in [2.75, 3.05) is 0 Å². The second kappa shape index (κ2) is 3.45. The van der Waals surface area contributed by atoms with Crippen LogP contribution in [-0.2, 0) is 10.2 Å². The molecule has 1 aromatic carbocycles. The highest BCUT2D eigenvalue weighted by Gasteiger charge is 2.59. The highest BCUT2D eigenvalue weighted by molar-refractivity contribution is 6.31. The Labute approximate surface area is 98.0 Å². The van der Waals surface area contributed by atoms with E-state index in [4.69, 9.17) is 11.6 Å². The molecule has 0 spiro atoms. The van der Waals surface area contributed by atoms with E-state index in [1.54, 1.807) is 24.3 Å². The van der Waals surface area contributed by atoms with Gasteiger partial charge in [0.05, 0.1) is 0 Å². The Morgan fingerprint density at radius 3 is 2.44 bits per heavy atom. The molecule has 0 atom stereocenters. The van der Waals surface area contributed by atoms with Gasteiger partial charge in [0.15, 0.2) is 0 Å². The molecule has 4 heteroatoms. The number of hydrogen-bond donors (Lipinski definition) is 1. The van der Waals surface area contributed by atoms with E-state index in [-0.39, 0.29) is 12.8 Å². The van der Waals surface area contributed by atoms with Crippen LogP contribution in [0.4, 0.5) is 4.39 Å². The minimum Gasteiger partial charge on any atom is -0.481 e. The van der Waals surface area contributed by atoms with Crippen LogP contribution in [0, 0.1) is 0 Å². The molecular weight excluding hydrogens is 231 g/mol. The van der Waals surface area contributed by atoms with Gasteiger partial charge in [-0.3, -0.25) is 4.79 Å². The summed E-state index contributed by atoms with van der Waals surface area (Å²) in [6, 6.07) is 6.75. The third-order valence-corrected chi connectivity index (χ3v) is 3.47. The number of hydrogen-bond acceptors (Lipinski definition) is 1. The molecule has 1 aromatic rings. The van der Waals surface area contributed by atoms with Gasteiger partial charge in [-0.25, -0.2) is 4.39 Å².